The fourth-order valence-corrected chi connectivity index (χ4v) is 3.97. The molecular weight excluding hydrogens is 356 g/mol. The van der Waals surface area contributed by atoms with Gasteiger partial charge in [-0.3, -0.25) is 0 Å². The summed E-state index contributed by atoms with van der Waals surface area (Å²) in [6.45, 7) is 5.25. The Kier molecular flexibility index (Phi) is 5.96. The monoisotopic (exact) mass is 386 g/mol. The highest BCUT2D eigenvalue weighted by atomic mass is 16.6. The number of hydrogen-bond donors (Lipinski definition) is 2. The fraction of sp³-hybridized carbons (Fsp3) is 0.545. The Bertz CT molecular complexity index is 844. The number of ether oxygens (including phenoxy) is 1. The molecule has 6 heteroatoms. The lowest BCUT2D eigenvalue weighted by molar-refractivity contribution is -0.139. The summed E-state index contributed by atoms with van der Waals surface area (Å²) in [5.41, 5.74) is 1.39. The predicted molar refractivity (Wildman–Crippen MR) is 109 cm³/mol. The van der Waals surface area contributed by atoms with E-state index in [4.69, 9.17) is 4.74 Å². The van der Waals surface area contributed by atoms with Crippen LogP contribution in [0.5, 0.6) is 0 Å². The summed E-state index contributed by atoms with van der Waals surface area (Å²) >= 11 is 0. The smallest absolute Gasteiger partial charge is 0.408 e. The number of amides is 1. The minimum Gasteiger partial charge on any atom is -0.480 e. The molecule has 3 rings (SSSR count). The Morgan fingerprint density at radius 2 is 1.89 bits per heavy atom. The second-order valence-electron chi connectivity index (χ2n) is 8.61. The van der Waals surface area contributed by atoms with Gasteiger partial charge in [0.15, 0.2) is 0 Å². The molecule has 1 amide bonds. The highest BCUT2D eigenvalue weighted by Crippen LogP contribution is 2.33. The average molecular weight is 386 g/mol. The highest BCUT2D eigenvalue weighted by molar-refractivity contribution is 5.86. The molecule has 1 fully saturated rings. The van der Waals surface area contributed by atoms with Crippen LogP contribution in [-0.4, -0.2) is 33.4 Å². The van der Waals surface area contributed by atoms with Crippen molar-refractivity contribution in [3.8, 4) is 0 Å². The van der Waals surface area contributed by atoms with E-state index in [9.17, 15) is 14.7 Å². The Morgan fingerprint density at radius 1 is 1.21 bits per heavy atom. The molecule has 1 aliphatic rings. The Balaban J connectivity index is 1.85. The zero-order valence-electron chi connectivity index (χ0n) is 16.9. The van der Waals surface area contributed by atoms with E-state index in [2.05, 4.69) is 22.1 Å². The molecule has 1 aliphatic carbocycles. The number of rotatable bonds is 5. The maximum Gasteiger partial charge on any atom is 0.408 e. The van der Waals surface area contributed by atoms with Crippen molar-refractivity contribution in [3.63, 3.8) is 0 Å². The van der Waals surface area contributed by atoms with Crippen LogP contribution in [0.2, 0.25) is 0 Å². The molecule has 0 spiro atoms. The van der Waals surface area contributed by atoms with E-state index in [1.165, 1.54) is 19.3 Å². The van der Waals surface area contributed by atoms with Crippen LogP contribution >= 0.6 is 0 Å². The number of benzene rings is 1. The van der Waals surface area contributed by atoms with Gasteiger partial charge in [-0.2, -0.15) is 0 Å². The lowest BCUT2D eigenvalue weighted by atomic mass is 9.95. The SMILES string of the molecule is CC(C)(C)OC(=O)NC(Cc1cn(C2CCCCC2)c2ccccc12)C(=O)O. The molecular formula is C22H30N2O4. The van der Waals surface area contributed by atoms with Gasteiger partial charge in [0.25, 0.3) is 0 Å². The van der Waals surface area contributed by atoms with Gasteiger partial charge in [-0.1, -0.05) is 37.5 Å². The number of fused-ring (bicyclic) bond motifs is 1. The molecule has 0 saturated heterocycles. The van der Waals surface area contributed by atoms with Gasteiger partial charge in [-0.25, -0.2) is 9.59 Å². The number of nitrogens with zero attached hydrogens (tertiary/aromatic N) is 1. The molecule has 0 bridgehead atoms. The van der Waals surface area contributed by atoms with Crippen LogP contribution in [0, 0.1) is 0 Å². The standard InChI is InChI=1S/C22H30N2O4/c1-22(2,3)28-21(27)23-18(20(25)26)13-15-14-24(16-9-5-4-6-10-16)19-12-8-7-11-17(15)19/h7-8,11-12,14,16,18H,4-6,9-10,13H2,1-3H3,(H,23,27)(H,25,26). The van der Waals surface area contributed by atoms with E-state index >= 15 is 0 Å². The van der Waals surface area contributed by atoms with Gasteiger partial charge in [-0.05, 0) is 45.2 Å². The van der Waals surface area contributed by atoms with Crippen LogP contribution in [0.1, 0.15) is 64.5 Å². The van der Waals surface area contributed by atoms with Crippen LogP contribution in [0.3, 0.4) is 0 Å². The highest BCUT2D eigenvalue weighted by Gasteiger charge is 2.26. The number of carbonyl (C=O) groups excluding carboxylic acids is 1. The summed E-state index contributed by atoms with van der Waals surface area (Å²) in [5, 5.41) is 13.2. The number of aliphatic carboxylic acids is 1. The topological polar surface area (TPSA) is 80.6 Å². The molecule has 0 radical (unpaired) electrons. The Labute approximate surface area is 165 Å². The first kappa shape index (κ1) is 20.2. The van der Waals surface area contributed by atoms with Crippen molar-refractivity contribution in [3.05, 3.63) is 36.0 Å². The summed E-state index contributed by atoms with van der Waals surface area (Å²) in [4.78, 5) is 23.9. The number of nitrogens with one attached hydrogen (secondary N) is 1. The summed E-state index contributed by atoms with van der Waals surface area (Å²) in [6, 6.07) is 7.50. The first-order chi connectivity index (χ1) is 13.2. The minimum atomic E-state index is -1.07. The molecule has 2 aromatic rings. The molecule has 1 atom stereocenters. The van der Waals surface area contributed by atoms with E-state index in [0.29, 0.717) is 6.04 Å². The lowest BCUT2D eigenvalue weighted by Crippen LogP contribution is -2.44. The third-order valence-corrected chi connectivity index (χ3v) is 5.20. The van der Waals surface area contributed by atoms with Crippen molar-refractivity contribution in [2.45, 2.75) is 77.0 Å². The summed E-state index contributed by atoms with van der Waals surface area (Å²) in [6.07, 6.45) is 7.62. The van der Waals surface area contributed by atoms with Gasteiger partial charge in [0.1, 0.15) is 11.6 Å². The number of hydrogen-bond acceptors (Lipinski definition) is 3. The van der Waals surface area contributed by atoms with Gasteiger partial charge in [0, 0.05) is 29.6 Å². The summed E-state index contributed by atoms with van der Waals surface area (Å²) in [5.74, 6) is -1.07. The maximum absolute atomic E-state index is 12.1. The van der Waals surface area contributed by atoms with Crippen LogP contribution in [0.25, 0.3) is 10.9 Å². The van der Waals surface area contributed by atoms with E-state index in [1.807, 2.05) is 18.2 Å². The fourth-order valence-electron chi connectivity index (χ4n) is 3.97. The molecule has 1 heterocycles. The molecule has 1 unspecified atom stereocenters. The Hall–Kier alpha value is -2.50. The number of carboxylic acids is 1. The van der Waals surface area contributed by atoms with Crippen molar-refractivity contribution in [2.24, 2.45) is 0 Å². The predicted octanol–water partition coefficient (Wildman–Crippen LogP) is 4.67. The normalized spacial score (nSPS) is 16.7. The quantitative estimate of drug-likeness (QED) is 0.783. The summed E-state index contributed by atoms with van der Waals surface area (Å²) in [7, 11) is 0. The van der Waals surface area contributed by atoms with Gasteiger partial charge in [0.2, 0.25) is 0 Å². The number of aromatic nitrogens is 1. The Morgan fingerprint density at radius 3 is 2.54 bits per heavy atom. The molecule has 0 aliphatic heterocycles. The van der Waals surface area contributed by atoms with Crippen LogP contribution in [-0.2, 0) is 16.0 Å². The van der Waals surface area contributed by atoms with Crippen molar-refractivity contribution in [2.75, 3.05) is 0 Å². The van der Waals surface area contributed by atoms with Gasteiger partial charge >= 0.3 is 12.1 Å². The zero-order valence-corrected chi connectivity index (χ0v) is 16.9. The molecule has 152 valence electrons. The molecule has 2 N–H and O–H groups in total. The maximum atomic E-state index is 12.1. The zero-order chi connectivity index (χ0) is 20.3. The molecule has 1 aromatic heterocycles. The van der Waals surface area contributed by atoms with Gasteiger partial charge in [-0.15, -0.1) is 0 Å². The number of carbonyl (C=O) groups is 2. The number of carboxylic acid groups (broad SMARTS) is 1. The number of alkyl carbamates (subject to hydrolysis) is 1. The van der Waals surface area contributed by atoms with Crippen LogP contribution in [0.15, 0.2) is 30.5 Å². The second-order valence-corrected chi connectivity index (χ2v) is 8.61. The number of para-hydroxylation sites is 1. The van der Waals surface area contributed by atoms with Gasteiger partial charge < -0.3 is 19.7 Å². The van der Waals surface area contributed by atoms with E-state index in [0.717, 1.165) is 29.3 Å². The molecule has 6 nitrogen and oxygen atoms in total. The van der Waals surface area contributed by atoms with Crippen molar-refractivity contribution >= 4 is 23.0 Å². The average Bonchev–Trinajstić information content (AvgIpc) is 2.99. The van der Waals surface area contributed by atoms with E-state index < -0.39 is 23.7 Å². The van der Waals surface area contributed by atoms with E-state index in [1.54, 1.807) is 20.8 Å². The summed E-state index contributed by atoms with van der Waals surface area (Å²) < 4.78 is 7.53. The third kappa shape index (κ3) is 4.86. The van der Waals surface area contributed by atoms with Crippen molar-refractivity contribution in [1.29, 1.82) is 0 Å². The molecule has 1 aromatic carbocycles. The van der Waals surface area contributed by atoms with Crippen molar-refractivity contribution < 1.29 is 19.4 Å². The molecule has 1 saturated carbocycles. The van der Waals surface area contributed by atoms with E-state index in [-0.39, 0.29) is 6.42 Å². The van der Waals surface area contributed by atoms with Crippen LogP contribution in [0.4, 0.5) is 4.79 Å². The third-order valence-electron chi connectivity index (χ3n) is 5.20. The molecule has 28 heavy (non-hydrogen) atoms. The lowest BCUT2D eigenvalue weighted by Gasteiger charge is -2.24. The first-order valence-electron chi connectivity index (χ1n) is 10.1. The van der Waals surface area contributed by atoms with Crippen LogP contribution < -0.4 is 5.32 Å². The second kappa shape index (κ2) is 8.25. The largest absolute Gasteiger partial charge is 0.480 e. The van der Waals surface area contributed by atoms with Gasteiger partial charge in [0.05, 0.1) is 0 Å². The first-order valence-corrected chi connectivity index (χ1v) is 10.1. The van der Waals surface area contributed by atoms with Crippen molar-refractivity contribution in [1.82, 2.24) is 9.88 Å². The minimum absolute atomic E-state index is 0.217.